The fourth-order valence-electron chi connectivity index (χ4n) is 1.06. The van der Waals surface area contributed by atoms with Gasteiger partial charge in [-0.25, -0.2) is 0 Å². The molecule has 12 heavy (non-hydrogen) atoms. The fourth-order valence-corrected chi connectivity index (χ4v) is 1.06. The van der Waals surface area contributed by atoms with Crippen molar-refractivity contribution in [2.24, 2.45) is 0 Å². The summed E-state index contributed by atoms with van der Waals surface area (Å²) in [6.45, 7) is 7.39. The summed E-state index contributed by atoms with van der Waals surface area (Å²) in [6, 6.07) is 0. The first-order valence-electron chi connectivity index (χ1n) is 3.71. The van der Waals surface area contributed by atoms with Crippen LogP contribution in [0.2, 0.25) is 0 Å². The van der Waals surface area contributed by atoms with E-state index in [4.69, 9.17) is 0 Å². The number of amides is 2. The highest BCUT2D eigenvalue weighted by Gasteiger charge is 2.27. The minimum absolute atomic E-state index is 0.206. The minimum Gasteiger partial charge on any atom is -0.271 e. The van der Waals surface area contributed by atoms with Gasteiger partial charge >= 0.3 is 0 Å². The normalized spacial score (nSPS) is 16.8. The third-order valence-corrected chi connectivity index (χ3v) is 1.62. The van der Waals surface area contributed by atoms with Gasteiger partial charge in [-0.15, -0.1) is 0 Å². The maximum Gasteiger partial charge on any atom is 0.256 e. The number of imide groups is 1. The average molecular weight is 165 g/mol. The lowest BCUT2D eigenvalue weighted by Gasteiger charge is -2.13. The second kappa shape index (κ2) is 2.93. The molecule has 0 spiro atoms. The van der Waals surface area contributed by atoms with E-state index in [9.17, 15) is 9.59 Å². The third-order valence-electron chi connectivity index (χ3n) is 1.62. The van der Waals surface area contributed by atoms with Crippen LogP contribution in [0, 0.1) is 0 Å². The number of nitrogens with zero attached hydrogens (tertiary/aromatic N) is 1. The van der Waals surface area contributed by atoms with Gasteiger partial charge in [0.05, 0.1) is 0 Å². The van der Waals surface area contributed by atoms with Gasteiger partial charge in [0.15, 0.2) is 0 Å². The van der Waals surface area contributed by atoms with Gasteiger partial charge in [0.25, 0.3) is 11.8 Å². The Balaban J connectivity index is 2.77. The van der Waals surface area contributed by atoms with E-state index in [0.717, 1.165) is 5.57 Å². The topological polar surface area (TPSA) is 37.4 Å². The van der Waals surface area contributed by atoms with Crippen LogP contribution in [0.4, 0.5) is 0 Å². The van der Waals surface area contributed by atoms with Crippen LogP contribution in [0.1, 0.15) is 13.8 Å². The molecule has 1 aliphatic rings. The van der Waals surface area contributed by atoms with Crippen LogP contribution in [0.5, 0.6) is 0 Å². The first kappa shape index (κ1) is 8.71. The van der Waals surface area contributed by atoms with Gasteiger partial charge in [0.1, 0.15) is 0 Å². The molecule has 64 valence electrons. The SMILES string of the molecule is C=C(C)CN1C(=O)C=C(C)C1=O. The van der Waals surface area contributed by atoms with E-state index in [1.165, 1.54) is 11.0 Å². The number of hydrogen-bond acceptors (Lipinski definition) is 2. The smallest absolute Gasteiger partial charge is 0.256 e. The molecule has 3 nitrogen and oxygen atoms in total. The lowest BCUT2D eigenvalue weighted by Crippen LogP contribution is -2.32. The summed E-state index contributed by atoms with van der Waals surface area (Å²) in [4.78, 5) is 23.6. The molecular weight excluding hydrogens is 154 g/mol. The number of carbonyl (C=O) groups is 2. The highest BCUT2D eigenvalue weighted by Crippen LogP contribution is 2.12. The standard InChI is InChI=1S/C9H11NO2/c1-6(2)5-10-8(11)4-7(3)9(10)12/h4H,1,5H2,2-3H3. The molecular formula is C9H11NO2. The molecule has 0 saturated heterocycles. The Morgan fingerprint density at radius 3 is 2.50 bits per heavy atom. The van der Waals surface area contributed by atoms with Crippen LogP contribution in [-0.4, -0.2) is 23.3 Å². The molecule has 0 fully saturated rings. The highest BCUT2D eigenvalue weighted by atomic mass is 16.2. The molecule has 0 aromatic heterocycles. The van der Waals surface area contributed by atoms with Crippen molar-refractivity contribution in [1.82, 2.24) is 4.90 Å². The predicted octanol–water partition coefficient (Wildman–Crippen LogP) is 0.878. The van der Waals surface area contributed by atoms with E-state index in [1.54, 1.807) is 13.8 Å². The quantitative estimate of drug-likeness (QED) is 0.450. The Kier molecular flexibility index (Phi) is 2.13. The average Bonchev–Trinajstić information content (AvgIpc) is 2.16. The van der Waals surface area contributed by atoms with Crippen molar-refractivity contribution in [2.45, 2.75) is 13.8 Å². The number of rotatable bonds is 2. The lowest BCUT2D eigenvalue weighted by atomic mass is 10.3. The molecule has 0 aromatic rings. The number of carbonyl (C=O) groups excluding carboxylic acids is 2. The lowest BCUT2D eigenvalue weighted by molar-refractivity contribution is -0.136. The zero-order chi connectivity index (χ0) is 9.30. The first-order chi connectivity index (χ1) is 5.52. The summed E-state index contributed by atoms with van der Waals surface area (Å²) < 4.78 is 0. The number of hydrogen-bond donors (Lipinski definition) is 0. The van der Waals surface area contributed by atoms with Crippen LogP contribution < -0.4 is 0 Å². The molecule has 2 amide bonds. The zero-order valence-electron chi connectivity index (χ0n) is 7.26. The maximum atomic E-state index is 11.2. The van der Waals surface area contributed by atoms with Crippen LogP contribution >= 0.6 is 0 Å². The molecule has 0 radical (unpaired) electrons. The van der Waals surface area contributed by atoms with Crippen molar-refractivity contribution in [3.8, 4) is 0 Å². The first-order valence-corrected chi connectivity index (χ1v) is 3.71. The molecule has 3 heteroatoms. The van der Waals surface area contributed by atoms with Crippen LogP contribution in [-0.2, 0) is 9.59 Å². The molecule has 0 saturated carbocycles. The van der Waals surface area contributed by atoms with Crippen molar-refractivity contribution in [2.75, 3.05) is 6.54 Å². The Morgan fingerprint density at radius 2 is 2.17 bits per heavy atom. The van der Waals surface area contributed by atoms with E-state index in [2.05, 4.69) is 6.58 Å². The highest BCUT2D eigenvalue weighted by molar-refractivity contribution is 6.15. The molecule has 1 rings (SSSR count). The minimum atomic E-state index is -0.236. The molecule has 1 aliphatic heterocycles. The molecule has 1 heterocycles. The van der Waals surface area contributed by atoms with E-state index in [1.807, 2.05) is 0 Å². The third kappa shape index (κ3) is 1.44. The summed E-state index contributed by atoms with van der Waals surface area (Å²) in [7, 11) is 0. The van der Waals surface area contributed by atoms with Gasteiger partial charge in [0.2, 0.25) is 0 Å². The molecule has 0 atom stereocenters. The molecule has 0 N–H and O–H groups in total. The van der Waals surface area contributed by atoms with Crippen molar-refractivity contribution in [1.29, 1.82) is 0 Å². The Morgan fingerprint density at radius 1 is 1.58 bits per heavy atom. The summed E-state index contributed by atoms with van der Waals surface area (Å²) in [5.74, 6) is -0.441. The van der Waals surface area contributed by atoms with Crippen molar-refractivity contribution in [3.05, 3.63) is 23.8 Å². The van der Waals surface area contributed by atoms with Crippen LogP contribution in [0.15, 0.2) is 23.8 Å². The summed E-state index contributed by atoms with van der Waals surface area (Å²) in [5.41, 5.74) is 1.31. The van der Waals surface area contributed by atoms with Crippen LogP contribution in [0.3, 0.4) is 0 Å². The van der Waals surface area contributed by atoms with E-state index in [0.29, 0.717) is 12.1 Å². The van der Waals surface area contributed by atoms with Crippen molar-refractivity contribution in [3.63, 3.8) is 0 Å². The van der Waals surface area contributed by atoms with E-state index >= 15 is 0 Å². The summed E-state index contributed by atoms with van der Waals surface area (Å²) in [5, 5.41) is 0. The van der Waals surface area contributed by atoms with Crippen LogP contribution in [0.25, 0.3) is 0 Å². The second-order valence-electron chi connectivity index (χ2n) is 3.01. The van der Waals surface area contributed by atoms with Crippen molar-refractivity contribution < 1.29 is 9.59 Å². The fraction of sp³-hybridized carbons (Fsp3) is 0.333. The molecule has 0 bridgehead atoms. The van der Waals surface area contributed by atoms with Gasteiger partial charge < -0.3 is 0 Å². The van der Waals surface area contributed by atoms with Gasteiger partial charge in [-0.05, 0) is 13.8 Å². The monoisotopic (exact) mass is 165 g/mol. The van der Waals surface area contributed by atoms with E-state index < -0.39 is 0 Å². The molecule has 0 unspecified atom stereocenters. The largest absolute Gasteiger partial charge is 0.271 e. The molecule has 0 aliphatic carbocycles. The Bertz CT molecular complexity index is 289. The van der Waals surface area contributed by atoms with Gasteiger partial charge in [-0.2, -0.15) is 0 Å². The maximum absolute atomic E-state index is 11.2. The van der Waals surface area contributed by atoms with E-state index in [-0.39, 0.29) is 11.8 Å². The van der Waals surface area contributed by atoms with Gasteiger partial charge in [-0.1, -0.05) is 12.2 Å². The second-order valence-corrected chi connectivity index (χ2v) is 3.01. The van der Waals surface area contributed by atoms with Gasteiger partial charge in [0, 0.05) is 18.2 Å². The summed E-state index contributed by atoms with van der Waals surface area (Å²) >= 11 is 0. The Labute approximate surface area is 71.4 Å². The Hall–Kier alpha value is -1.38. The summed E-state index contributed by atoms with van der Waals surface area (Å²) in [6.07, 6.45) is 1.35. The van der Waals surface area contributed by atoms with Gasteiger partial charge in [-0.3, -0.25) is 14.5 Å². The molecule has 0 aromatic carbocycles. The predicted molar refractivity (Wildman–Crippen MR) is 45.3 cm³/mol. The zero-order valence-corrected chi connectivity index (χ0v) is 7.26. The van der Waals surface area contributed by atoms with Crippen molar-refractivity contribution >= 4 is 11.8 Å².